The Bertz CT molecular complexity index is 134. The summed E-state index contributed by atoms with van der Waals surface area (Å²) >= 11 is 0. The summed E-state index contributed by atoms with van der Waals surface area (Å²) in [7, 11) is 0. The summed E-state index contributed by atoms with van der Waals surface area (Å²) in [4.78, 5) is 0. The Balaban J connectivity index is 0. The topological polar surface area (TPSA) is 0 Å². The maximum Gasteiger partial charge on any atom is 2.00 e. The monoisotopic (exact) mass is 170 g/mol. The molecule has 0 saturated heterocycles. The summed E-state index contributed by atoms with van der Waals surface area (Å²) in [6.45, 7) is 3.72. The van der Waals surface area contributed by atoms with Gasteiger partial charge in [0.25, 0.3) is 0 Å². The summed E-state index contributed by atoms with van der Waals surface area (Å²) < 4.78 is 0. The van der Waals surface area contributed by atoms with Crippen molar-refractivity contribution < 1.29 is 19.5 Å². The Morgan fingerprint density at radius 1 is 1.00 bits per heavy atom. The Kier molecular flexibility index (Phi) is 7.47. The Morgan fingerprint density at radius 2 is 1.44 bits per heavy atom. The molecule has 1 aromatic carbocycles. The van der Waals surface area contributed by atoms with Crippen molar-refractivity contribution in [3.63, 3.8) is 0 Å². The van der Waals surface area contributed by atoms with E-state index in [1.165, 1.54) is 0 Å². The largest absolute Gasteiger partial charge is 2.00 e. The van der Waals surface area contributed by atoms with E-state index in [1.807, 2.05) is 30.3 Å². The van der Waals surface area contributed by atoms with E-state index in [2.05, 4.69) is 6.92 Å². The van der Waals surface area contributed by atoms with Crippen LogP contribution in [0.2, 0.25) is 0 Å². The molecule has 0 heterocycles. The van der Waals surface area contributed by atoms with Gasteiger partial charge in [0.05, 0.1) is 0 Å². The summed E-state index contributed by atoms with van der Waals surface area (Å²) in [5.41, 5.74) is 1.07. The summed E-state index contributed by atoms with van der Waals surface area (Å²) in [5.74, 6) is 0. The molecule has 1 aromatic rings. The molecule has 0 unspecified atom stereocenters. The van der Waals surface area contributed by atoms with Gasteiger partial charge in [0.1, 0.15) is 0 Å². The van der Waals surface area contributed by atoms with E-state index in [1.54, 1.807) is 0 Å². The number of hydrogen-bond acceptors (Lipinski definition) is 0. The van der Waals surface area contributed by atoms with Crippen LogP contribution in [-0.4, -0.2) is 0 Å². The van der Waals surface area contributed by atoms with Gasteiger partial charge in [-0.15, -0.1) is 12.1 Å². The summed E-state index contributed by atoms with van der Waals surface area (Å²) in [6, 6.07) is 9.87. The van der Waals surface area contributed by atoms with Crippen molar-refractivity contribution >= 4 is 0 Å². The molecule has 0 radical (unpaired) electrons. The molecule has 0 fully saturated rings. The standard InChI is InChI=1S/C7H7.CH3.Zn/c1-7-5-3-2-4-6-7;;/h2-6H,1H2;1H3;/q2*-1;+2. The van der Waals surface area contributed by atoms with E-state index in [0.29, 0.717) is 0 Å². The van der Waals surface area contributed by atoms with E-state index < -0.39 is 0 Å². The van der Waals surface area contributed by atoms with Gasteiger partial charge in [0, 0.05) is 0 Å². The van der Waals surface area contributed by atoms with E-state index in [9.17, 15) is 0 Å². The fourth-order valence-electron chi connectivity index (χ4n) is 0.478. The molecule has 0 N–H and O–H groups in total. The molecule has 0 atom stereocenters. The summed E-state index contributed by atoms with van der Waals surface area (Å²) in [6.07, 6.45) is 0. The third kappa shape index (κ3) is 4.23. The van der Waals surface area contributed by atoms with Crippen LogP contribution in [0.1, 0.15) is 5.56 Å². The van der Waals surface area contributed by atoms with Crippen molar-refractivity contribution in [2.45, 2.75) is 0 Å². The molecule has 0 saturated carbocycles. The first kappa shape index (κ1) is 11.5. The van der Waals surface area contributed by atoms with Crippen LogP contribution in [0.25, 0.3) is 0 Å². The SMILES string of the molecule is [CH2-]c1ccccc1.[CH3-].[Zn+2]. The molecule has 0 amide bonds. The maximum atomic E-state index is 3.72. The minimum absolute atomic E-state index is 0. The zero-order chi connectivity index (χ0) is 5.11. The van der Waals surface area contributed by atoms with Crippen LogP contribution in [0.3, 0.4) is 0 Å². The normalized spacial score (nSPS) is 6.67. The second-order valence-corrected chi connectivity index (χ2v) is 1.49. The van der Waals surface area contributed by atoms with E-state index in [0.717, 1.165) is 5.56 Å². The molecular formula is C8H10Zn. The van der Waals surface area contributed by atoms with Crippen molar-refractivity contribution in [2.75, 3.05) is 0 Å². The van der Waals surface area contributed by atoms with Crippen LogP contribution in [-0.2, 0) is 19.5 Å². The van der Waals surface area contributed by atoms with Gasteiger partial charge >= 0.3 is 19.5 Å². The predicted octanol–water partition coefficient (Wildman–Crippen LogP) is 2.32. The van der Waals surface area contributed by atoms with Gasteiger partial charge in [-0.25, -0.2) is 0 Å². The van der Waals surface area contributed by atoms with Crippen molar-refractivity contribution in [3.05, 3.63) is 50.2 Å². The van der Waals surface area contributed by atoms with Gasteiger partial charge in [-0.1, -0.05) is 6.07 Å². The first-order chi connectivity index (χ1) is 3.39. The van der Waals surface area contributed by atoms with Gasteiger partial charge in [-0.2, -0.15) is 24.6 Å². The van der Waals surface area contributed by atoms with Gasteiger partial charge < -0.3 is 7.43 Å². The molecule has 0 aliphatic carbocycles. The fraction of sp³-hybridized carbons (Fsp3) is 0. The minimum atomic E-state index is 0. The van der Waals surface area contributed by atoms with Gasteiger partial charge in [-0.3, -0.25) is 0 Å². The first-order valence-electron chi connectivity index (χ1n) is 2.26. The first-order valence-corrected chi connectivity index (χ1v) is 2.26. The van der Waals surface area contributed by atoms with Crippen LogP contribution in [0.5, 0.6) is 0 Å². The Labute approximate surface area is 70.1 Å². The summed E-state index contributed by atoms with van der Waals surface area (Å²) in [5, 5.41) is 0. The van der Waals surface area contributed by atoms with Crippen LogP contribution in [0.15, 0.2) is 30.3 Å². The van der Waals surface area contributed by atoms with E-state index in [-0.39, 0.29) is 26.9 Å². The van der Waals surface area contributed by atoms with Gasteiger partial charge in [0.15, 0.2) is 0 Å². The third-order valence-corrected chi connectivity index (χ3v) is 0.843. The zero-order valence-electron chi connectivity index (χ0n) is 5.80. The minimum Gasteiger partial charge on any atom is -0.358 e. The number of rotatable bonds is 0. The Hall–Kier alpha value is -0.287. The van der Waals surface area contributed by atoms with Crippen molar-refractivity contribution in [3.8, 4) is 0 Å². The molecule has 0 aromatic heterocycles. The van der Waals surface area contributed by atoms with Crippen molar-refractivity contribution in [1.82, 2.24) is 0 Å². The molecular weight excluding hydrogens is 161 g/mol. The van der Waals surface area contributed by atoms with Crippen LogP contribution in [0, 0.1) is 14.4 Å². The third-order valence-electron chi connectivity index (χ3n) is 0.843. The molecule has 0 spiro atoms. The molecule has 44 valence electrons. The van der Waals surface area contributed by atoms with E-state index >= 15 is 0 Å². The molecule has 9 heavy (non-hydrogen) atoms. The van der Waals surface area contributed by atoms with Crippen molar-refractivity contribution in [2.24, 2.45) is 0 Å². The molecule has 1 heteroatoms. The van der Waals surface area contributed by atoms with E-state index in [4.69, 9.17) is 0 Å². The predicted molar refractivity (Wildman–Crippen MR) is 37.3 cm³/mol. The molecule has 0 aliphatic heterocycles. The van der Waals surface area contributed by atoms with Gasteiger partial charge in [0.2, 0.25) is 0 Å². The molecule has 0 nitrogen and oxygen atoms in total. The van der Waals surface area contributed by atoms with Crippen LogP contribution in [0.4, 0.5) is 0 Å². The van der Waals surface area contributed by atoms with Crippen LogP contribution < -0.4 is 0 Å². The molecule has 0 bridgehead atoms. The average Bonchev–Trinajstić information content (AvgIpc) is 1.69. The fourth-order valence-corrected chi connectivity index (χ4v) is 0.478. The second-order valence-electron chi connectivity index (χ2n) is 1.49. The molecule has 1 rings (SSSR count). The van der Waals surface area contributed by atoms with Crippen LogP contribution >= 0.6 is 0 Å². The Morgan fingerprint density at radius 3 is 1.67 bits per heavy atom. The molecule has 0 aliphatic rings. The van der Waals surface area contributed by atoms with Crippen molar-refractivity contribution in [1.29, 1.82) is 0 Å². The smallest absolute Gasteiger partial charge is 0.358 e. The zero-order valence-corrected chi connectivity index (χ0v) is 8.77. The number of hydrogen-bond donors (Lipinski definition) is 0. The quantitative estimate of drug-likeness (QED) is 0.415. The number of benzene rings is 1. The van der Waals surface area contributed by atoms with Gasteiger partial charge in [-0.05, 0) is 0 Å². The average molecular weight is 172 g/mol. The second kappa shape index (κ2) is 5.84. The maximum absolute atomic E-state index is 3.72.